The highest BCUT2D eigenvalue weighted by molar-refractivity contribution is 8.00. The fraction of sp³-hybridized carbons (Fsp3) is 0.348. The summed E-state index contributed by atoms with van der Waals surface area (Å²) in [6.45, 7) is 0.317. The number of carbonyl (C=O) groups excluding carboxylic acids is 3. The zero-order valence-corrected chi connectivity index (χ0v) is 19.6. The molecule has 1 fully saturated rings. The summed E-state index contributed by atoms with van der Waals surface area (Å²) in [5.74, 6) is -0.305. The van der Waals surface area contributed by atoms with E-state index in [1.54, 1.807) is 13.2 Å². The molecule has 2 aromatic rings. The Labute approximate surface area is 204 Å². The fourth-order valence-corrected chi connectivity index (χ4v) is 4.24. The number of thioether (sulfide) groups is 1. The van der Waals surface area contributed by atoms with Crippen LogP contribution < -0.4 is 26.0 Å². The summed E-state index contributed by atoms with van der Waals surface area (Å²) in [4.78, 5) is 36.6. The zero-order chi connectivity index (χ0) is 25.4. The van der Waals surface area contributed by atoms with Crippen LogP contribution in [0.4, 0.5) is 18.9 Å². The van der Waals surface area contributed by atoms with E-state index in [0.717, 1.165) is 29.5 Å². The molecule has 1 aliphatic heterocycles. The number of halogens is 3. The van der Waals surface area contributed by atoms with E-state index < -0.39 is 29.2 Å². The molecule has 35 heavy (non-hydrogen) atoms. The van der Waals surface area contributed by atoms with Crippen molar-refractivity contribution in [1.82, 2.24) is 16.0 Å². The van der Waals surface area contributed by atoms with Crippen molar-refractivity contribution in [2.75, 3.05) is 18.2 Å². The first kappa shape index (κ1) is 26.4. The van der Waals surface area contributed by atoms with Gasteiger partial charge < -0.3 is 20.7 Å². The molecule has 3 amide bonds. The first-order valence-corrected chi connectivity index (χ1v) is 11.7. The minimum atomic E-state index is -4.45. The molecule has 1 heterocycles. The van der Waals surface area contributed by atoms with Crippen LogP contribution in [-0.4, -0.2) is 42.1 Å². The number of methoxy groups -OCH3 is 1. The number of nitrogens with one attached hydrogen (secondary N) is 4. The molecule has 1 saturated heterocycles. The third-order valence-corrected chi connectivity index (χ3v) is 6.06. The molecule has 0 aromatic heterocycles. The van der Waals surface area contributed by atoms with Crippen molar-refractivity contribution < 1.29 is 32.3 Å². The van der Waals surface area contributed by atoms with Crippen LogP contribution >= 0.6 is 11.8 Å². The number of amides is 3. The summed E-state index contributed by atoms with van der Waals surface area (Å²) in [5, 5.41) is 11.1. The number of alkyl halides is 3. The Hall–Kier alpha value is -3.25. The highest BCUT2D eigenvalue weighted by Gasteiger charge is 2.30. The van der Waals surface area contributed by atoms with Gasteiger partial charge >= 0.3 is 6.18 Å². The van der Waals surface area contributed by atoms with E-state index in [9.17, 15) is 27.6 Å². The standard InChI is InChI=1S/C23H25F3N4O4S/c1-34-18-4-2-3-14(9-18)12-27-19(31)10-17-11-20(32)30-22(29-17)35-13-21(33)28-16-7-5-15(6-8-16)23(24,25)26/h2-9,17,22,29H,10-13H2,1H3,(H,27,31)(H,28,33)(H,30,32). The summed E-state index contributed by atoms with van der Waals surface area (Å²) in [6, 6.07) is 11.0. The van der Waals surface area contributed by atoms with Crippen LogP contribution in [0.15, 0.2) is 48.5 Å². The summed E-state index contributed by atoms with van der Waals surface area (Å²) in [6.07, 6.45) is -4.26. The van der Waals surface area contributed by atoms with Crippen LogP contribution in [-0.2, 0) is 27.1 Å². The summed E-state index contributed by atoms with van der Waals surface area (Å²) in [5.41, 5.74) is -0.294. The van der Waals surface area contributed by atoms with Crippen molar-refractivity contribution in [2.24, 2.45) is 0 Å². The minimum Gasteiger partial charge on any atom is -0.497 e. The largest absolute Gasteiger partial charge is 0.497 e. The number of anilines is 1. The molecular formula is C23H25F3N4O4S. The average molecular weight is 511 g/mol. The summed E-state index contributed by atoms with van der Waals surface area (Å²) < 4.78 is 43.1. The molecule has 0 bridgehead atoms. The Morgan fingerprint density at radius 1 is 1.14 bits per heavy atom. The van der Waals surface area contributed by atoms with E-state index in [2.05, 4.69) is 21.3 Å². The third kappa shape index (κ3) is 8.48. The molecule has 2 atom stereocenters. The van der Waals surface area contributed by atoms with Crippen LogP contribution in [0.1, 0.15) is 24.0 Å². The molecule has 1 aliphatic rings. The quantitative estimate of drug-likeness (QED) is 0.413. The molecule has 0 radical (unpaired) electrons. The summed E-state index contributed by atoms with van der Waals surface area (Å²) >= 11 is 1.10. The number of hydrogen-bond donors (Lipinski definition) is 4. The minimum absolute atomic E-state index is 0.0618. The van der Waals surface area contributed by atoms with Gasteiger partial charge in [0.25, 0.3) is 0 Å². The van der Waals surface area contributed by atoms with E-state index in [1.807, 2.05) is 18.2 Å². The summed E-state index contributed by atoms with van der Waals surface area (Å²) in [7, 11) is 1.56. The van der Waals surface area contributed by atoms with Gasteiger partial charge in [0, 0.05) is 31.1 Å². The highest BCUT2D eigenvalue weighted by Crippen LogP contribution is 2.29. The van der Waals surface area contributed by atoms with Crippen LogP contribution in [0.5, 0.6) is 5.75 Å². The smallest absolute Gasteiger partial charge is 0.416 e. The van der Waals surface area contributed by atoms with Gasteiger partial charge in [-0.1, -0.05) is 12.1 Å². The first-order valence-electron chi connectivity index (χ1n) is 10.7. The SMILES string of the molecule is COc1cccc(CNC(=O)CC2CC(=O)NC(SCC(=O)Nc3ccc(C(F)(F)F)cc3)N2)c1. The topological polar surface area (TPSA) is 109 Å². The Balaban J connectivity index is 1.43. The molecular weight excluding hydrogens is 485 g/mol. The number of carbonyl (C=O) groups is 3. The molecule has 2 aromatic carbocycles. The van der Waals surface area contributed by atoms with Gasteiger partial charge in [-0.2, -0.15) is 13.2 Å². The molecule has 12 heteroatoms. The maximum atomic E-state index is 12.6. The molecule has 4 N–H and O–H groups in total. The molecule has 2 unspecified atom stereocenters. The van der Waals surface area contributed by atoms with Crippen LogP contribution in [0, 0.1) is 0 Å². The second kappa shape index (κ2) is 11.9. The predicted octanol–water partition coefficient (Wildman–Crippen LogP) is 2.85. The van der Waals surface area contributed by atoms with E-state index in [4.69, 9.17) is 4.74 Å². The van der Waals surface area contributed by atoms with E-state index in [-0.39, 0.29) is 36.1 Å². The average Bonchev–Trinajstić information content (AvgIpc) is 2.81. The number of hydrogen-bond acceptors (Lipinski definition) is 6. The van der Waals surface area contributed by atoms with Crippen LogP contribution in [0.3, 0.4) is 0 Å². The van der Waals surface area contributed by atoms with Crippen molar-refractivity contribution in [2.45, 2.75) is 37.1 Å². The van der Waals surface area contributed by atoms with Gasteiger partial charge in [0.2, 0.25) is 17.7 Å². The normalized spacial score (nSPS) is 17.9. The Kier molecular flexibility index (Phi) is 8.99. The van der Waals surface area contributed by atoms with Crippen molar-refractivity contribution in [3.63, 3.8) is 0 Å². The Morgan fingerprint density at radius 3 is 2.57 bits per heavy atom. The number of benzene rings is 2. The fourth-order valence-electron chi connectivity index (χ4n) is 3.34. The molecule has 0 saturated carbocycles. The van der Waals surface area contributed by atoms with Gasteiger partial charge in [0.05, 0.1) is 18.4 Å². The van der Waals surface area contributed by atoms with Gasteiger partial charge in [-0.3, -0.25) is 19.7 Å². The molecule has 0 spiro atoms. The lowest BCUT2D eigenvalue weighted by Crippen LogP contribution is -2.56. The van der Waals surface area contributed by atoms with Gasteiger partial charge in [-0.15, -0.1) is 11.8 Å². The van der Waals surface area contributed by atoms with E-state index in [1.165, 1.54) is 12.1 Å². The van der Waals surface area contributed by atoms with Crippen molar-refractivity contribution >= 4 is 35.2 Å². The van der Waals surface area contributed by atoms with Crippen molar-refractivity contribution in [1.29, 1.82) is 0 Å². The zero-order valence-electron chi connectivity index (χ0n) is 18.8. The second-order valence-corrected chi connectivity index (χ2v) is 8.88. The maximum absolute atomic E-state index is 12.6. The van der Waals surface area contributed by atoms with Crippen molar-refractivity contribution in [3.05, 3.63) is 59.7 Å². The van der Waals surface area contributed by atoms with Gasteiger partial charge in [-0.05, 0) is 42.0 Å². The van der Waals surface area contributed by atoms with Crippen LogP contribution in [0.2, 0.25) is 0 Å². The second-order valence-electron chi connectivity index (χ2n) is 7.78. The number of ether oxygens (including phenoxy) is 1. The highest BCUT2D eigenvalue weighted by atomic mass is 32.2. The molecule has 3 rings (SSSR count). The molecule has 188 valence electrons. The van der Waals surface area contributed by atoms with E-state index >= 15 is 0 Å². The lowest BCUT2D eigenvalue weighted by Gasteiger charge is -2.30. The van der Waals surface area contributed by atoms with Crippen LogP contribution in [0.25, 0.3) is 0 Å². The Bertz CT molecular complexity index is 1050. The lowest BCUT2D eigenvalue weighted by atomic mass is 10.1. The monoisotopic (exact) mass is 510 g/mol. The molecule has 8 nitrogen and oxygen atoms in total. The van der Waals surface area contributed by atoms with Crippen molar-refractivity contribution in [3.8, 4) is 5.75 Å². The van der Waals surface area contributed by atoms with Gasteiger partial charge in [0.15, 0.2) is 0 Å². The maximum Gasteiger partial charge on any atom is 0.416 e. The van der Waals surface area contributed by atoms with Gasteiger partial charge in [-0.25, -0.2) is 0 Å². The third-order valence-electron chi connectivity index (χ3n) is 5.04. The lowest BCUT2D eigenvalue weighted by molar-refractivity contribution is -0.137. The molecule has 0 aliphatic carbocycles. The predicted molar refractivity (Wildman–Crippen MR) is 125 cm³/mol. The first-order chi connectivity index (χ1) is 16.6. The number of rotatable bonds is 9. The Morgan fingerprint density at radius 2 is 1.89 bits per heavy atom. The van der Waals surface area contributed by atoms with E-state index in [0.29, 0.717) is 12.3 Å². The van der Waals surface area contributed by atoms with Gasteiger partial charge in [0.1, 0.15) is 11.2 Å².